The molecular weight excluding hydrogens is 307 g/mol. The van der Waals surface area contributed by atoms with Crippen molar-refractivity contribution in [2.75, 3.05) is 0 Å². The number of rotatable bonds is 1. The lowest BCUT2D eigenvalue weighted by atomic mass is 9.76. The second kappa shape index (κ2) is 5.08. The first-order valence-electron chi connectivity index (χ1n) is 6.70. The van der Waals surface area contributed by atoms with Gasteiger partial charge in [-0.3, -0.25) is 4.79 Å². The number of hydrogen-bond acceptors (Lipinski definition) is 3. The highest BCUT2D eigenvalue weighted by Gasteiger charge is 2.32. The van der Waals surface area contributed by atoms with Crippen LogP contribution in [-0.2, 0) is 6.42 Å². The van der Waals surface area contributed by atoms with Crippen molar-refractivity contribution in [3.8, 4) is 11.4 Å². The molecule has 1 aliphatic carbocycles. The highest BCUT2D eigenvalue weighted by atomic mass is 35.5. The van der Waals surface area contributed by atoms with Crippen LogP contribution in [0.25, 0.3) is 11.4 Å². The zero-order valence-corrected chi connectivity index (χ0v) is 13.3. The summed E-state index contributed by atoms with van der Waals surface area (Å²) in [5.74, 6) is 0.653. The molecule has 0 radical (unpaired) electrons. The maximum absolute atomic E-state index is 12.1. The Morgan fingerprint density at radius 3 is 2.43 bits per heavy atom. The fourth-order valence-electron chi connectivity index (χ4n) is 2.65. The van der Waals surface area contributed by atoms with Gasteiger partial charge in [-0.2, -0.15) is 0 Å². The highest BCUT2D eigenvalue weighted by molar-refractivity contribution is 6.35. The number of halogens is 2. The minimum Gasteiger partial charge on any atom is -0.294 e. The van der Waals surface area contributed by atoms with Gasteiger partial charge in [0.1, 0.15) is 0 Å². The topological polar surface area (TPSA) is 42.9 Å². The SMILES string of the molecule is CC1(C)CC(=O)c2cnc(-c3cc(Cl)cc(Cl)c3)nc2C1. The zero-order valence-electron chi connectivity index (χ0n) is 11.8. The van der Waals surface area contributed by atoms with E-state index in [4.69, 9.17) is 23.2 Å². The first-order valence-corrected chi connectivity index (χ1v) is 7.45. The summed E-state index contributed by atoms with van der Waals surface area (Å²) in [4.78, 5) is 21.0. The van der Waals surface area contributed by atoms with Crippen LogP contribution in [0.2, 0.25) is 10.0 Å². The summed E-state index contributed by atoms with van der Waals surface area (Å²) in [6, 6.07) is 5.20. The molecule has 1 heterocycles. The fraction of sp³-hybridized carbons (Fsp3) is 0.312. The predicted octanol–water partition coefficient (Wildman–Crippen LogP) is 4.61. The molecule has 0 N–H and O–H groups in total. The van der Waals surface area contributed by atoms with Crippen molar-refractivity contribution in [1.29, 1.82) is 0 Å². The molecule has 0 unspecified atom stereocenters. The molecule has 1 aromatic carbocycles. The van der Waals surface area contributed by atoms with Gasteiger partial charge in [0.25, 0.3) is 0 Å². The van der Waals surface area contributed by atoms with Gasteiger partial charge in [-0.05, 0) is 30.0 Å². The summed E-state index contributed by atoms with van der Waals surface area (Å²) in [6.07, 6.45) is 2.91. The number of carbonyl (C=O) groups is 1. The number of hydrogen-bond donors (Lipinski definition) is 0. The minimum absolute atomic E-state index is 0.0678. The van der Waals surface area contributed by atoms with E-state index in [-0.39, 0.29) is 11.2 Å². The van der Waals surface area contributed by atoms with Crippen LogP contribution >= 0.6 is 23.2 Å². The molecule has 0 fully saturated rings. The van der Waals surface area contributed by atoms with Gasteiger partial charge in [-0.15, -0.1) is 0 Å². The van der Waals surface area contributed by atoms with Crippen LogP contribution in [-0.4, -0.2) is 15.8 Å². The minimum atomic E-state index is -0.0678. The third kappa shape index (κ3) is 2.94. The quantitative estimate of drug-likeness (QED) is 0.770. The number of aromatic nitrogens is 2. The Hall–Kier alpha value is -1.45. The van der Waals surface area contributed by atoms with Crippen molar-refractivity contribution in [3.05, 3.63) is 45.7 Å². The van der Waals surface area contributed by atoms with Crippen LogP contribution in [0.15, 0.2) is 24.4 Å². The zero-order chi connectivity index (χ0) is 15.2. The number of nitrogens with zero attached hydrogens (tertiary/aromatic N) is 2. The number of Topliss-reactive ketones (excluding diaryl/α,β-unsaturated/α-hetero) is 1. The van der Waals surface area contributed by atoms with Crippen molar-refractivity contribution in [2.45, 2.75) is 26.7 Å². The number of carbonyl (C=O) groups excluding carboxylic acids is 1. The van der Waals surface area contributed by atoms with E-state index in [0.29, 0.717) is 27.9 Å². The van der Waals surface area contributed by atoms with Crippen LogP contribution in [0.3, 0.4) is 0 Å². The van der Waals surface area contributed by atoms with Gasteiger partial charge in [0.2, 0.25) is 0 Å². The molecule has 21 heavy (non-hydrogen) atoms. The van der Waals surface area contributed by atoms with Crippen LogP contribution in [0.1, 0.15) is 36.3 Å². The molecule has 2 aromatic rings. The molecule has 0 saturated carbocycles. The number of fused-ring (bicyclic) bond motifs is 1. The molecule has 3 nitrogen and oxygen atoms in total. The first-order chi connectivity index (χ1) is 9.84. The summed E-state index contributed by atoms with van der Waals surface area (Å²) < 4.78 is 0. The van der Waals surface area contributed by atoms with Crippen LogP contribution in [0, 0.1) is 5.41 Å². The van der Waals surface area contributed by atoms with Gasteiger partial charge in [0.15, 0.2) is 11.6 Å². The maximum Gasteiger partial charge on any atom is 0.166 e. The third-order valence-corrected chi connectivity index (χ3v) is 4.01. The normalized spacial score (nSPS) is 16.7. The van der Waals surface area contributed by atoms with E-state index in [2.05, 4.69) is 23.8 Å². The molecular formula is C16H14Cl2N2O. The van der Waals surface area contributed by atoms with Gasteiger partial charge in [0.05, 0.1) is 11.3 Å². The summed E-state index contributed by atoms with van der Waals surface area (Å²) in [5, 5.41) is 1.07. The molecule has 0 saturated heterocycles. The van der Waals surface area contributed by atoms with Crippen molar-refractivity contribution in [3.63, 3.8) is 0 Å². The Morgan fingerprint density at radius 1 is 1.10 bits per heavy atom. The van der Waals surface area contributed by atoms with Crippen LogP contribution in [0.5, 0.6) is 0 Å². The summed E-state index contributed by atoms with van der Waals surface area (Å²) in [7, 11) is 0. The second-order valence-electron chi connectivity index (χ2n) is 6.15. The van der Waals surface area contributed by atoms with Gasteiger partial charge in [-0.1, -0.05) is 37.0 Å². The molecule has 0 atom stereocenters. The van der Waals surface area contributed by atoms with E-state index >= 15 is 0 Å². The molecule has 3 rings (SSSR count). The standard InChI is InChI=1S/C16H14Cl2N2O/c1-16(2)6-13-12(14(21)7-16)8-19-15(20-13)9-3-10(17)5-11(18)4-9/h3-5,8H,6-7H2,1-2H3. The lowest BCUT2D eigenvalue weighted by Gasteiger charge is -2.29. The molecule has 5 heteroatoms. The van der Waals surface area contributed by atoms with Crippen molar-refractivity contribution >= 4 is 29.0 Å². The molecule has 1 aliphatic rings. The summed E-state index contributed by atoms with van der Waals surface area (Å²) >= 11 is 12.0. The maximum atomic E-state index is 12.1. The smallest absolute Gasteiger partial charge is 0.166 e. The molecule has 1 aromatic heterocycles. The molecule has 0 amide bonds. The number of ketones is 1. The lowest BCUT2D eigenvalue weighted by molar-refractivity contribution is 0.0910. The second-order valence-corrected chi connectivity index (χ2v) is 7.03. The molecule has 0 spiro atoms. The first kappa shape index (κ1) is 14.5. The van der Waals surface area contributed by atoms with E-state index in [1.54, 1.807) is 24.4 Å². The van der Waals surface area contributed by atoms with Crippen molar-refractivity contribution in [1.82, 2.24) is 9.97 Å². The van der Waals surface area contributed by atoms with E-state index in [9.17, 15) is 4.79 Å². The van der Waals surface area contributed by atoms with Crippen LogP contribution < -0.4 is 0 Å². The van der Waals surface area contributed by atoms with E-state index in [0.717, 1.165) is 17.7 Å². The molecule has 108 valence electrons. The lowest BCUT2D eigenvalue weighted by Crippen LogP contribution is -2.28. The van der Waals surface area contributed by atoms with Crippen molar-refractivity contribution in [2.24, 2.45) is 5.41 Å². The van der Waals surface area contributed by atoms with Crippen molar-refractivity contribution < 1.29 is 4.79 Å². The Balaban J connectivity index is 2.09. The van der Waals surface area contributed by atoms with Gasteiger partial charge < -0.3 is 0 Å². The Bertz CT molecular complexity index is 721. The Labute approximate surface area is 133 Å². The highest BCUT2D eigenvalue weighted by Crippen LogP contribution is 2.34. The van der Waals surface area contributed by atoms with Gasteiger partial charge in [0, 0.05) is 28.2 Å². The summed E-state index contributed by atoms with van der Waals surface area (Å²) in [5.41, 5.74) is 2.12. The fourth-order valence-corrected chi connectivity index (χ4v) is 3.18. The van der Waals surface area contributed by atoms with Gasteiger partial charge >= 0.3 is 0 Å². The molecule has 0 aliphatic heterocycles. The molecule has 0 bridgehead atoms. The van der Waals surface area contributed by atoms with E-state index in [1.165, 1.54) is 0 Å². The van der Waals surface area contributed by atoms with Gasteiger partial charge in [-0.25, -0.2) is 9.97 Å². The van der Waals surface area contributed by atoms with E-state index < -0.39 is 0 Å². The summed E-state index contributed by atoms with van der Waals surface area (Å²) in [6.45, 7) is 4.15. The average Bonchev–Trinajstić information content (AvgIpc) is 2.35. The number of benzene rings is 1. The monoisotopic (exact) mass is 320 g/mol. The largest absolute Gasteiger partial charge is 0.294 e. The Kier molecular flexibility index (Phi) is 3.50. The average molecular weight is 321 g/mol. The van der Waals surface area contributed by atoms with E-state index in [1.807, 2.05) is 0 Å². The Morgan fingerprint density at radius 2 is 1.76 bits per heavy atom. The predicted molar refractivity (Wildman–Crippen MR) is 83.9 cm³/mol. The third-order valence-electron chi connectivity index (χ3n) is 3.57. The van der Waals surface area contributed by atoms with Crippen LogP contribution in [0.4, 0.5) is 0 Å².